The van der Waals surface area contributed by atoms with Crippen molar-refractivity contribution >= 4 is 23.4 Å². The van der Waals surface area contributed by atoms with E-state index in [1.807, 2.05) is 0 Å². The largest absolute Gasteiger partial charge is 0.387 e. The van der Waals surface area contributed by atoms with Crippen molar-refractivity contribution in [1.29, 1.82) is 0 Å². The van der Waals surface area contributed by atoms with Crippen LogP contribution in [0.2, 0.25) is 0 Å². The number of rotatable bonds is 6. The Labute approximate surface area is 152 Å². The van der Waals surface area contributed by atoms with Crippen LogP contribution in [-0.2, 0) is 24.0 Å². The molecule has 1 amide bonds. The number of ether oxygens (including phenoxy) is 2. The van der Waals surface area contributed by atoms with E-state index >= 15 is 0 Å². The number of aliphatic hydroxyl groups excluding tert-OH is 2. The van der Waals surface area contributed by atoms with Gasteiger partial charge in [0.25, 0.3) is 0 Å². The minimum absolute atomic E-state index is 0.110. The van der Waals surface area contributed by atoms with E-state index in [1.54, 1.807) is 6.92 Å². The number of aliphatic hydroxyl groups is 2. The van der Waals surface area contributed by atoms with E-state index in [0.29, 0.717) is 24.0 Å². The molecule has 1 unspecified atom stereocenters. The lowest BCUT2D eigenvalue weighted by Crippen LogP contribution is -2.49. The number of carbonyl (C=O) groups is 1. The third-order valence-corrected chi connectivity index (χ3v) is 4.60. The molecule has 146 valence electrons. The average Bonchev–Trinajstić information content (AvgIpc) is 3.40. The predicted molar refractivity (Wildman–Crippen MR) is 85.2 cm³/mol. The summed E-state index contributed by atoms with van der Waals surface area (Å²) in [6.45, 7) is 1.67. The van der Waals surface area contributed by atoms with E-state index in [0.717, 1.165) is 0 Å². The van der Waals surface area contributed by atoms with Crippen LogP contribution in [0.1, 0.15) is 19.6 Å². The molecule has 0 bridgehead atoms. The molecule has 27 heavy (non-hydrogen) atoms. The van der Waals surface area contributed by atoms with Gasteiger partial charge in [-0.3, -0.25) is 20.2 Å². The lowest BCUT2D eigenvalue weighted by molar-refractivity contribution is -0.354. The molecule has 0 aliphatic carbocycles. The highest BCUT2D eigenvalue weighted by Crippen LogP contribution is 2.41. The fraction of sp³-hybridized carbons (Fsp3) is 0.571. The average molecular weight is 382 g/mol. The lowest BCUT2D eigenvalue weighted by Gasteiger charge is -2.30. The van der Waals surface area contributed by atoms with Crippen molar-refractivity contribution in [2.75, 3.05) is 12.2 Å². The number of hydrogen-bond donors (Lipinski definition) is 4. The van der Waals surface area contributed by atoms with Gasteiger partial charge in [-0.2, -0.15) is 4.89 Å². The van der Waals surface area contributed by atoms with Gasteiger partial charge in [-0.15, -0.1) is 0 Å². The summed E-state index contributed by atoms with van der Waals surface area (Å²) >= 11 is 0. The first-order chi connectivity index (χ1) is 13.1. The van der Waals surface area contributed by atoms with Gasteiger partial charge in [0.2, 0.25) is 12.2 Å². The van der Waals surface area contributed by atoms with E-state index < -0.39 is 30.3 Å². The van der Waals surface area contributed by atoms with Crippen molar-refractivity contribution in [2.45, 2.75) is 43.7 Å². The minimum Gasteiger partial charge on any atom is -0.387 e. The maximum Gasteiger partial charge on any atom is 0.232 e. The standard InChI is InChI=1S/C14H18N6O7/c1-2-14(24-6-25-27-14)10-8(22)9(23)13(26-10)20-4-17-7-11(19-18-5-21)15-3-16-12(7)20/h3-5,8-10,13,22-23H,2,6H2,1H3,(H,18,21)(H,15,16,19)/t8-,9+,10-,13+,14?/m0/s1. The number of nitrogens with zero attached hydrogens (tertiary/aromatic N) is 4. The molecule has 4 heterocycles. The summed E-state index contributed by atoms with van der Waals surface area (Å²) in [6.07, 6.45) is -1.19. The molecule has 5 atom stereocenters. The van der Waals surface area contributed by atoms with Gasteiger partial charge in [-0.25, -0.2) is 19.8 Å². The third kappa shape index (κ3) is 2.80. The summed E-state index contributed by atoms with van der Waals surface area (Å²) in [5.74, 6) is -1.07. The Morgan fingerprint density at radius 2 is 2.22 bits per heavy atom. The second kappa shape index (κ2) is 6.95. The SMILES string of the molecule is CCC1([C@H]2O[C@@H](n3cnc4c(NNC=O)ncnc43)[C@H](O)[C@@H]2O)OCOO1. The third-order valence-electron chi connectivity index (χ3n) is 4.60. The molecule has 2 aliphatic heterocycles. The van der Waals surface area contributed by atoms with E-state index in [9.17, 15) is 15.0 Å². The molecule has 4 rings (SSSR count). The van der Waals surface area contributed by atoms with Crippen LogP contribution in [-0.4, -0.2) is 67.0 Å². The van der Waals surface area contributed by atoms with Gasteiger partial charge in [0.1, 0.15) is 24.6 Å². The quantitative estimate of drug-likeness (QED) is 0.263. The van der Waals surface area contributed by atoms with Crippen molar-refractivity contribution in [1.82, 2.24) is 24.9 Å². The molecular formula is C14H18N6O7. The Bertz CT molecular complexity index is 825. The van der Waals surface area contributed by atoms with Crippen LogP contribution in [0.5, 0.6) is 0 Å². The first-order valence-electron chi connectivity index (χ1n) is 8.20. The summed E-state index contributed by atoms with van der Waals surface area (Å²) in [4.78, 5) is 32.8. The van der Waals surface area contributed by atoms with Gasteiger partial charge in [0.05, 0.1) is 6.33 Å². The van der Waals surface area contributed by atoms with Crippen LogP contribution in [0.25, 0.3) is 11.2 Å². The number of anilines is 1. The fourth-order valence-corrected chi connectivity index (χ4v) is 3.24. The van der Waals surface area contributed by atoms with Crippen LogP contribution in [0.15, 0.2) is 12.7 Å². The molecule has 0 aromatic carbocycles. The highest BCUT2D eigenvalue weighted by atomic mass is 17.3. The Morgan fingerprint density at radius 1 is 1.37 bits per heavy atom. The minimum atomic E-state index is -1.33. The van der Waals surface area contributed by atoms with Crippen molar-refractivity contribution < 1.29 is 34.3 Å². The molecule has 4 N–H and O–H groups in total. The summed E-state index contributed by atoms with van der Waals surface area (Å²) < 4.78 is 12.8. The van der Waals surface area contributed by atoms with E-state index in [-0.39, 0.29) is 12.6 Å². The van der Waals surface area contributed by atoms with Crippen molar-refractivity contribution in [3.05, 3.63) is 12.7 Å². The fourth-order valence-electron chi connectivity index (χ4n) is 3.24. The molecular weight excluding hydrogens is 364 g/mol. The first-order valence-corrected chi connectivity index (χ1v) is 8.20. The number of hydrogen-bond acceptors (Lipinski definition) is 11. The van der Waals surface area contributed by atoms with Crippen molar-refractivity contribution in [2.24, 2.45) is 0 Å². The van der Waals surface area contributed by atoms with Crippen LogP contribution < -0.4 is 10.9 Å². The number of carbonyl (C=O) groups excluding carboxylic acids is 1. The molecule has 13 nitrogen and oxygen atoms in total. The number of fused-ring (bicyclic) bond motifs is 1. The molecule has 2 fully saturated rings. The van der Waals surface area contributed by atoms with Crippen LogP contribution in [0.4, 0.5) is 5.82 Å². The Hall–Kier alpha value is -2.42. The molecule has 2 saturated heterocycles. The normalized spacial score (nSPS) is 33.4. The smallest absolute Gasteiger partial charge is 0.232 e. The number of amides is 1. The van der Waals surface area contributed by atoms with Gasteiger partial charge < -0.3 is 19.7 Å². The topological polar surface area (TPSA) is 162 Å². The lowest BCUT2D eigenvalue weighted by atomic mass is 10.0. The van der Waals surface area contributed by atoms with E-state index in [4.69, 9.17) is 19.2 Å². The summed E-state index contributed by atoms with van der Waals surface area (Å²) in [6, 6.07) is 0. The molecule has 2 aromatic heterocycles. The Morgan fingerprint density at radius 3 is 2.93 bits per heavy atom. The van der Waals surface area contributed by atoms with Gasteiger partial charge in [-0.1, -0.05) is 6.92 Å². The van der Waals surface area contributed by atoms with Gasteiger partial charge in [-0.05, 0) is 0 Å². The summed E-state index contributed by atoms with van der Waals surface area (Å²) in [5.41, 5.74) is 5.51. The molecule has 0 radical (unpaired) electrons. The number of aromatic nitrogens is 4. The predicted octanol–water partition coefficient (Wildman–Crippen LogP) is -1.44. The monoisotopic (exact) mass is 382 g/mol. The molecule has 13 heteroatoms. The van der Waals surface area contributed by atoms with Gasteiger partial charge in [0.15, 0.2) is 30.0 Å². The van der Waals surface area contributed by atoms with Crippen LogP contribution in [0.3, 0.4) is 0 Å². The Kier molecular flexibility index (Phi) is 4.63. The maximum absolute atomic E-state index is 10.5. The zero-order valence-corrected chi connectivity index (χ0v) is 14.2. The van der Waals surface area contributed by atoms with E-state index in [2.05, 4.69) is 25.8 Å². The van der Waals surface area contributed by atoms with Crippen molar-refractivity contribution in [3.8, 4) is 0 Å². The highest BCUT2D eigenvalue weighted by molar-refractivity contribution is 5.83. The number of imidazole rings is 1. The second-order valence-electron chi connectivity index (χ2n) is 5.99. The summed E-state index contributed by atoms with van der Waals surface area (Å²) in [5, 5.41) is 21.1. The maximum atomic E-state index is 10.5. The molecule has 2 aromatic rings. The Balaban J connectivity index is 1.66. The van der Waals surface area contributed by atoms with Crippen LogP contribution >= 0.6 is 0 Å². The zero-order chi connectivity index (χ0) is 19.0. The van der Waals surface area contributed by atoms with Gasteiger partial charge in [0, 0.05) is 6.42 Å². The number of hydrazine groups is 1. The summed E-state index contributed by atoms with van der Waals surface area (Å²) in [7, 11) is 0. The molecule has 2 aliphatic rings. The first kappa shape index (κ1) is 18.0. The zero-order valence-electron chi connectivity index (χ0n) is 14.2. The van der Waals surface area contributed by atoms with Gasteiger partial charge >= 0.3 is 0 Å². The second-order valence-corrected chi connectivity index (χ2v) is 5.99. The van der Waals surface area contributed by atoms with Crippen LogP contribution in [0, 0.1) is 0 Å². The van der Waals surface area contributed by atoms with E-state index in [1.165, 1.54) is 17.2 Å². The molecule has 0 saturated carbocycles. The molecule has 0 spiro atoms. The highest BCUT2D eigenvalue weighted by Gasteiger charge is 2.58. The van der Waals surface area contributed by atoms with Crippen molar-refractivity contribution in [3.63, 3.8) is 0 Å². The number of nitrogens with one attached hydrogen (secondary N) is 2.